The lowest BCUT2D eigenvalue weighted by Crippen LogP contribution is -2.17. The molecule has 82 valence electrons. The monoisotopic (exact) mass is 334 g/mol. The summed E-state index contributed by atoms with van der Waals surface area (Å²) >= 11 is 6.49. The molecule has 0 bridgehead atoms. The summed E-state index contributed by atoms with van der Waals surface area (Å²) in [6, 6.07) is 5.78. The fourth-order valence-corrected chi connectivity index (χ4v) is 1.68. The van der Waals surface area contributed by atoms with Crippen LogP contribution in [0, 0.1) is 0 Å². The standard InChI is InChI=1S/C10H12Br2N2O/c1-14(2)9-4-3-7(12)5-8(9)13-10(15)6-11/h3-5H,6H2,1-2H3,(H,13,15). The molecule has 5 heteroatoms. The van der Waals surface area contributed by atoms with Crippen molar-refractivity contribution in [2.75, 3.05) is 29.6 Å². The third-order valence-corrected chi connectivity index (χ3v) is 2.84. The molecule has 3 nitrogen and oxygen atoms in total. The minimum Gasteiger partial charge on any atom is -0.376 e. The third-order valence-electron chi connectivity index (χ3n) is 1.84. The maximum Gasteiger partial charge on any atom is 0.235 e. The van der Waals surface area contributed by atoms with Crippen molar-refractivity contribution in [2.24, 2.45) is 0 Å². The smallest absolute Gasteiger partial charge is 0.235 e. The molecule has 15 heavy (non-hydrogen) atoms. The number of alkyl halides is 1. The van der Waals surface area contributed by atoms with E-state index in [9.17, 15) is 4.79 Å². The van der Waals surface area contributed by atoms with Crippen LogP contribution in [0.4, 0.5) is 11.4 Å². The van der Waals surface area contributed by atoms with Crippen LogP contribution in [0.25, 0.3) is 0 Å². The van der Waals surface area contributed by atoms with E-state index in [1.165, 1.54) is 0 Å². The molecule has 1 rings (SSSR count). The number of rotatable bonds is 3. The van der Waals surface area contributed by atoms with Crippen molar-refractivity contribution in [3.8, 4) is 0 Å². The zero-order valence-electron chi connectivity index (χ0n) is 8.55. The molecule has 0 heterocycles. The maximum absolute atomic E-state index is 11.3. The third kappa shape index (κ3) is 3.50. The molecule has 1 N–H and O–H groups in total. The Bertz CT molecular complexity index is 366. The number of halogens is 2. The predicted molar refractivity (Wildman–Crippen MR) is 70.9 cm³/mol. The molecule has 0 aliphatic rings. The first-order valence-corrected chi connectivity index (χ1v) is 6.28. The molecule has 0 radical (unpaired) electrons. The Balaban J connectivity index is 3.02. The van der Waals surface area contributed by atoms with Crippen LogP contribution in [0.15, 0.2) is 22.7 Å². The quantitative estimate of drug-likeness (QED) is 0.861. The lowest BCUT2D eigenvalue weighted by molar-refractivity contribution is -0.113. The second-order valence-corrected chi connectivity index (χ2v) is 4.71. The molecule has 0 spiro atoms. The summed E-state index contributed by atoms with van der Waals surface area (Å²) in [5, 5.41) is 3.12. The van der Waals surface area contributed by atoms with Gasteiger partial charge in [-0.3, -0.25) is 4.79 Å². The fraction of sp³-hybridized carbons (Fsp3) is 0.300. The van der Waals surface area contributed by atoms with E-state index in [4.69, 9.17) is 0 Å². The number of carbonyl (C=O) groups excluding carboxylic acids is 1. The van der Waals surface area contributed by atoms with E-state index in [0.717, 1.165) is 15.8 Å². The van der Waals surface area contributed by atoms with Crippen LogP contribution in [0.5, 0.6) is 0 Å². The van der Waals surface area contributed by atoms with Crippen LogP contribution in [0.2, 0.25) is 0 Å². The minimum atomic E-state index is -0.0591. The van der Waals surface area contributed by atoms with Crippen LogP contribution in [-0.4, -0.2) is 25.3 Å². The summed E-state index contributed by atoms with van der Waals surface area (Å²) in [4.78, 5) is 13.2. The van der Waals surface area contributed by atoms with Crippen LogP contribution in [-0.2, 0) is 4.79 Å². The van der Waals surface area contributed by atoms with Gasteiger partial charge in [0.25, 0.3) is 0 Å². The zero-order valence-corrected chi connectivity index (χ0v) is 11.7. The number of carbonyl (C=O) groups is 1. The second kappa shape index (κ2) is 5.51. The summed E-state index contributed by atoms with van der Waals surface area (Å²) in [7, 11) is 3.88. The van der Waals surface area contributed by atoms with Gasteiger partial charge in [0.05, 0.1) is 16.7 Å². The Hall–Kier alpha value is -0.550. The van der Waals surface area contributed by atoms with E-state index >= 15 is 0 Å². The number of nitrogens with zero attached hydrogens (tertiary/aromatic N) is 1. The maximum atomic E-state index is 11.3. The number of benzene rings is 1. The number of hydrogen-bond acceptors (Lipinski definition) is 2. The molecule has 0 fully saturated rings. The Labute approximate surface area is 106 Å². The summed E-state index contributed by atoms with van der Waals surface area (Å²) in [5.41, 5.74) is 1.78. The highest BCUT2D eigenvalue weighted by atomic mass is 79.9. The normalized spacial score (nSPS) is 9.87. The lowest BCUT2D eigenvalue weighted by atomic mass is 10.2. The topological polar surface area (TPSA) is 32.3 Å². The average molecular weight is 336 g/mol. The highest BCUT2D eigenvalue weighted by Gasteiger charge is 2.07. The van der Waals surface area contributed by atoms with Crippen molar-refractivity contribution >= 4 is 49.1 Å². The van der Waals surface area contributed by atoms with E-state index in [0.29, 0.717) is 5.33 Å². The van der Waals surface area contributed by atoms with Gasteiger partial charge in [0.1, 0.15) is 0 Å². The molecule has 1 aromatic rings. The lowest BCUT2D eigenvalue weighted by Gasteiger charge is -2.17. The molecule has 1 aromatic carbocycles. The molecular weight excluding hydrogens is 324 g/mol. The first kappa shape index (κ1) is 12.5. The van der Waals surface area contributed by atoms with Crippen LogP contribution < -0.4 is 10.2 Å². The molecule has 1 amide bonds. The van der Waals surface area contributed by atoms with Gasteiger partial charge >= 0.3 is 0 Å². The van der Waals surface area contributed by atoms with Crippen molar-refractivity contribution in [1.82, 2.24) is 0 Å². The van der Waals surface area contributed by atoms with Gasteiger partial charge in [-0.15, -0.1) is 0 Å². The Morgan fingerprint density at radius 1 is 1.47 bits per heavy atom. The average Bonchev–Trinajstić information content (AvgIpc) is 2.17. The van der Waals surface area contributed by atoms with Gasteiger partial charge in [-0.2, -0.15) is 0 Å². The van der Waals surface area contributed by atoms with Gasteiger partial charge in [-0.25, -0.2) is 0 Å². The van der Waals surface area contributed by atoms with Crippen molar-refractivity contribution in [3.63, 3.8) is 0 Å². The van der Waals surface area contributed by atoms with Gasteiger partial charge in [0, 0.05) is 18.6 Å². The molecule has 0 unspecified atom stereocenters. The molecule has 0 aliphatic heterocycles. The Morgan fingerprint density at radius 2 is 2.13 bits per heavy atom. The van der Waals surface area contributed by atoms with E-state index in [-0.39, 0.29) is 5.91 Å². The largest absolute Gasteiger partial charge is 0.376 e. The van der Waals surface area contributed by atoms with Crippen LogP contribution in [0.1, 0.15) is 0 Å². The van der Waals surface area contributed by atoms with Gasteiger partial charge in [0.15, 0.2) is 0 Å². The molecular formula is C10H12Br2N2O. The van der Waals surface area contributed by atoms with E-state index in [1.54, 1.807) is 0 Å². The van der Waals surface area contributed by atoms with Crippen LogP contribution >= 0.6 is 31.9 Å². The molecule has 0 saturated carbocycles. The predicted octanol–water partition coefficient (Wildman–Crippen LogP) is 2.85. The second-order valence-electron chi connectivity index (χ2n) is 3.24. The highest BCUT2D eigenvalue weighted by molar-refractivity contribution is 9.10. The first-order valence-electron chi connectivity index (χ1n) is 4.37. The van der Waals surface area contributed by atoms with Crippen molar-refractivity contribution < 1.29 is 4.79 Å². The molecule has 0 aromatic heterocycles. The molecule has 0 saturated heterocycles. The summed E-state index contributed by atoms with van der Waals surface area (Å²) in [5.74, 6) is -0.0591. The van der Waals surface area contributed by atoms with Crippen molar-refractivity contribution in [3.05, 3.63) is 22.7 Å². The number of hydrogen-bond donors (Lipinski definition) is 1. The minimum absolute atomic E-state index is 0.0591. The highest BCUT2D eigenvalue weighted by Crippen LogP contribution is 2.27. The van der Waals surface area contributed by atoms with Gasteiger partial charge in [-0.1, -0.05) is 31.9 Å². The van der Waals surface area contributed by atoms with Crippen molar-refractivity contribution in [1.29, 1.82) is 0 Å². The SMILES string of the molecule is CN(C)c1ccc(Br)cc1NC(=O)CBr. The van der Waals surface area contributed by atoms with E-state index in [1.807, 2.05) is 37.2 Å². The van der Waals surface area contributed by atoms with E-state index in [2.05, 4.69) is 37.2 Å². The number of anilines is 2. The molecule has 0 atom stereocenters. The Kier molecular flexibility index (Phi) is 4.60. The van der Waals surface area contributed by atoms with Gasteiger partial charge in [-0.05, 0) is 18.2 Å². The number of nitrogens with one attached hydrogen (secondary N) is 1. The van der Waals surface area contributed by atoms with Gasteiger partial charge in [0.2, 0.25) is 5.91 Å². The number of amides is 1. The summed E-state index contributed by atoms with van der Waals surface area (Å²) in [6.07, 6.45) is 0. The first-order chi connectivity index (χ1) is 7.04. The van der Waals surface area contributed by atoms with E-state index < -0.39 is 0 Å². The Morgan fingerprint density at radius 3 is 2.67 bits per heavy atom. The fourth-order valence-electron chi connectivity index (χ4n) is 1.18. The summed E-state index contributed by atoms with van der Waals surface area (Å²) < 4.78 is 0.943. The van der Waals surface area contributed by atoms with Gasteiger partial charge < -0.3 is 10.2 Å². The zero-order chi connectivity index (χ0) is 11.4. The molecule has 0 aliphatic carbocycles. The summed E-state index contributed by atoms with van der Waals surface area (Å²) in [6.45, 7) is 0. The van der Waals surface area contributed by atoms with Crippen LogP contribution in [0.3, 0.4) is 0 Å². The van der Waals surface area contributed by atoms with Crippen molar-refractivity contribution in [2.45, 2.75) is 0 Å².